The Morgan fingerprint density at radius 2 is 1.74 bits per heavy atom. The van der Waals surface area contributed by atoms with Gasteiger partial charge in [-0.05, 0) is 43.7 Å². The van der Waals surface area contributed by atoms with Crippen LogP contribution < -0.4 is 10.6 Å². The summed E-state index contributed by atoms with van der Waals surface area (Å²) in [5.74, 6) is 0. The van der Waals surface area contributed by atoms with Crippen molar-refractivity contribution in [3.8, 4) is 0 Å². The predicted octanol–water partition coefficient (Wildman–Crippen LogP) is 4.44. The van der Waals surface area contributed by atoms with E-state index in [2.05, 4.69) is 36.1 Å². The van der Waals surface area contributed by atoms with Crippen molar-refractivity contribution in [1.29, 1.82) is 0 Å². The number of hydrogen-bond donors (Lipinski definition) is 1. The summed E-state index contributed by atoms with van der Waals surface area (Å²) in [6.07, 6.45) is 0. The van der Waals surface area contributed by atoms with E-state index in [4.69, 9.17) is 17.3 Å². The Morgan fingerprint density at radius 3 is 2.26 bits per heavy atom. The van der Waals surface area contributed by atoms with Crippen LogP contribution in [0.25, 0.3) is 0 Å². The first kappa shape index (κ1) is 13.9. The van der Waals surface area contributed by atoms with E-state index in [9.17, 15) is 0 Å². The Hall–Kier alpha value is -1.51. The summed E-state index contributed by atoms with van der Waals surface area (Å²) in [6.45, 7) is 4.03. The minimum atomic E-state index is -0.00349. The summed E-state index contributed by atoms with van der Waals surface area (Å²) in [6, 6.07) is 14.3. The zero-order valence-corrected chi connectivity index (χ0v) is 12.3. The summed E-state index contributed by atoms with van der Waals surface area (Å²) in [7, 11) is 2.01. The third-order valence-electron chi connectivity index (χ3n) is 3.28. The van der Waals surface area contributed by atoms with E-state index in [1.165, 1.54) is 5.56 Å². The van der Waals surface area contributed by atoms with Crippen molar-refractivity contribution in [3.63, 3.8) is 0 Å². The van der Waals surface area contributed by atoms with Crippen molar-refractivity contribution in [3.05, 3.63) is 58.6 Å². The molecule has 2 aromatic carbocycles. The zero-order valence-electron chi connectivity index (χ0n) is 11.5. The van der Waals surface area contributed by atoms with Gasteiger partial charge >= 0.3 is 0 Å². The quantitative estimate of drug-likeness (QED) is 0.897. The van der Waals surface area contributed by atoms with Crippen LogP contribution in [0.5, 0.6) is 0 Å². The monoisotopic (exact) mass is 274 g/mol. The Labute approximate surface area is 119 Å². The molecule has 0 unspecified atom stereocenters. The van der Waals surface area contributed by atoms with Crippen LogP contribution in [0.15, 0.2) is 42.5 Å². The van der Waals surface area contributed by atoms with E-state index in [0.717, 1.165) is 22.0 Å². The fourth-order valence-corrected chi connectivity index (χ4v) is 2.30. The summed E-state index contributed by atoms with van der Waals surface area (Å²) in [5, 5.41) is 0.720. The lowest BCUT2D eigenvalue weighted by Gasteiger charge is -2.22. The maximum Gasteiger partial charge on any atom is 0.0646 e. The molecule has 2 nitrogen and oxygen atoms in total. The highest BCUT2D eigenvalue weighted by atomic mass is 35.5. The number of benzene rings is 2. The molecule has 0 aliphatic carbocycles. The molecular weight excluding hydrogens is 256 g/mol. The molecule has 100 valence electrons. The topological polar surface area (TPSA) is 29.3 Å². The molecule has 2 rings (SSSR count). The van der Waals surface area contributed by atoms with Gasteiger partial charge in [-0.2, -0.15) is 0 Å². The average Bonchev–Trinajstić information content (AvgIpc) is 2.38. The molecule has 0 spiro atoms. The van der Waals surface area contributed by atoms with E-state index >= 15 is 0 Å². The van der Waals surface area contributed by atoms with Crippen LogP contribution in [-0.2, 0) is 0 Å². The first-order valence-electron chi connectivity index (χ1n) is 6.34. The molecule has 0 fully saturated rings. The van der Waals surface area contributed by atoms with E-state index < -0.39 is 0 Å². The standard InChI is InChI=1S/C16H19ClN2/c1-11-4-7-14(8-5-11)19(3)16-9-6-13(12(2)18)10-15(16)17/h4-10,12H,18H2,1-3H3/t12-/m1/s1. The van der Waals surface area contributed by atoms with E-state index in [0.29, 0.717) is 0 Å². The number of hydrogen-bond acceptors (Lipinski definition) is 2. The van der Waals surface area contributed by atoms with Gasteiger partial charge in [0.2, 0.25) is 0 Å². The van der Waals surface area contributed by atoms with Gasteiger partial charge in [0.15, 0.2) is 0 Å². The van der Waals surface area contributed by atoms with Crippen LogP contribution in [0, 0.1) is 6.92 Å². The number of anilines is 2. The van der Waals surface area contributed by atoms with Crippen LogP contribution in [0.1, 0.15) is 24.1 Å². The number of rotatable bonds is 3. The second-order valence-corrected chi connectivity index (χ2v) is 5.30. The molecule has 0 aromatic heterocycles. The van der Waals surface area contributed by atoms with Crippen molar-refractivity contribution in [1.82, 2.24) is 0 Å². The maximum atomic E-state index is 6.35. The number of halogens is 1. The van der Waals surface area contributed by atoms with Gasteiger partial charge in [-0.3, -0.25) is 0 Å². The van der Waals surface area contributed by atoms with Crippen molar-refractivity contribution in [2.75, 3.05) is 11.9 Å². The molecule has 3 heteroatoms. The summed E-state index contributed by atoms with van der Waals surface area (Å²) in [4.78, 5) is 2.08. The fraction of sp³-hybridized carbons (Fsp3) is 0.250. The second-order valence-electron chi connectivity index (χ2n) is 4.89. The minimum absolute atomic E-state index is 0.00349. The van der Waals surface area contributed by atoms with Gasteiger partial charge in [-0.15, -0.1) is 0 Å². The molecule has 2 N–H and O–H groups in total. The first-order valence-corrected chi connectivity index (χ1v) is 6.72. The molecule has 0 radical (unpaired) electrons. The van der Waals surface area contributed by atoms with Crippen LogP contribution >= 0.6 is 11.6 Å². The van der Waals surface area contributed by atoms with Crippen molar-refractivity contribution in [2.24, 2.45) is 5.73 Å². The van der Waals surface area contributed by atoms with Crippen LogP contribution in [0.2, 0.25) is 5.02 Å². The first-order chi connectivity index (χ1) is 8.99. The smallest absolute Gasteiger partial charge is 0.0646 e. The van der Waals surface area contributed by atoms with E-state index in [1.807, 2.05) is 32.2 Å². The molecule has 1 atom stereocenters. The van der Waals surface area contributed by atoms with E-state index in [1.54, 1.807) is 0 Å². The normalized spacial score (nSPS) is 12.3. The Morgan fingerprint density at radius 1 is 1.11 bits per heavy atom. The summed E-state index contributed by atoms with van der Waals surface area (Å²) in [5.41, 5.74) is 10.3. The average molecular weight is 275 g/mol. The van der Waals surface area contributed by atoms with Crippen LogP contribution in [0.3, 0.4) is 0 Å². The molecule has 0 heterocycles. The lowest BCUT2D eigenvalue weighted by molar-refractivity contribution is 0.818. The Kier molecular flexibility index (Phi) is 4.13. The fourth-order valence-electron chi connectivity index (χ4n) is 1.99. The highest BCUT2D eigenvalue weighted by molar-refractivity contribution is 6.33. The molecular formula is C16H19ClN2. The van der Waals surface area contributed by atoms with Gasteiger partial charge in [0.25, 0.3) is 0 Å². The number of nitrogens with two attached hydrogens (primary N) is 1. The molecule has 0 saturated carbocycles. The largest absolute Gasteiger partial charge is 0.343 e. The molecule has 0 bridgehead atoms. The lowest BCUT2D eigenvalue weighted by atomic mass is 10.1. The van der Waals surface area contributed by atoms with Gasteiger partial charge in [-0.25, -0.2) is 0 Å². The summed E-state index contributed by atoms with van der Waals surface area (Å²) >= 11 is 6.35. The molecule has 0 saturated heterocycles. The zero-order chi connectivity index (χ0) is 14.0. The van der Waals surface area contributed by atoms with Gasteiger partial charge < -0.3 is 10.6 Å². The molecule has 19 heavy (non-hydrogen) atoms. The SMILES string of the molecule is Cc1ccc(N(C)c2ccc([C@@H](C)N)cc2Cl)cc1. The molecule has 0 aliphatic rings. The molecule has 2 aromatic rings. The highest BCUT2D eigenvalue weighted by Crippen LogP contribution is 2.32. The third kappa shape index (κ3) is 3.09. The molecule has 0 amide bonds. The second kappa shape index (κ2) is 5.64. The number of aryl methyl sites for hydroxylation is 1. The van der Waals surface area contributed by atoms with Gasteiger partial charge in [0.1, 0.15) is 0 Å². The van der Waals surface area contributed by atoms with Crippen LogP contribution in [0.4, 0.5) is 11.4 Å². The van der Waals surface area contributed by atoms with Gasteiger partial charge in [-0.1, -0.05) is 35.4 Å². The lowest BCUT2D eigenvalue weighted by Crippen LogP contribution is -2.11. The Bertz CT molecular complexity index is 561. The van der Waals surface area contributed by atoms with Crippen molar-refractivity contribution >= 4 is 23.0 Å². The van der Waals surface area contributed by atoms with Gasteiger partial charge in [0, 0.05) is 18.8 Å². The minimum Gasteiger partial charge on any atom is -0.343 e. The van der Waals surface area contributed by atoms with Gasteiger partial charge in [0.05, 0.1) is 10.7 Å². The van der Waals surface area contributed by atoms with E-state index in [-0.39, 0.29) is 6.04 Å². The predicted molar refractivity (Wildman–Crippen MR) is 83.3 cm³/mol. The maximum absolute atomic E-state index is 6.35. The third-order valence-corrected chi connectivity index (χ3v) is 3.58. The highest BCUT2D eigenvalue weighted by Gasteiger charge is 2.10. The molecule has 0 aliphatic heterocycles. The van der Waals surface area contributed by atoms with Crippen LogP contribution in [-0.4, -0.2) is 7.05 Å². The Balaban J connectivity index is 2.33. The van der Waals surface area contributed by atoms with Crippen molar-refractivity contribution in [2.45, 2.75) is 19.9 Å². The number of nitrogens with zero attached hydrogens (tertiary/aromatic N) is 1. The van der Waals surface area contributed by atoms with Crippen molar-refractivity contribution < 1.29 is 0 Å². The summed E-state index contributed by atoms with van der Waals surface area (Å²) < 4.78 is 0.